The van der Waals surface area contributed by atoms with Gasteiger partial charge in [0.25, 0.3) is 0 Å². The summed E-state index contributed by atoms with van der Waals surface area (Å²) in [6, 6.07) is -0.415. The highest BCUT2D eigenvalue weighted by atomic mass is 19.4. The van der Waals surface area contributed by atoms with Gasteiger partial charge in [-0.25, -0.2) is 0 Å². The van der Waals surface area contributed by atoms with E-state index >= 15 is 0 Å². The van der Waals surface area contributed by atoms with Gasteiger partial charge in [0.2, 0.25) is 0 Å². The Balaban J connectivity index is 1.58. The third-order valence-electron chi connectivity index (χ3n) is 6.59. The van der Waals surface area contributed by atoms with Gasteiger partial charge < -0.3 is 14.8 Å². The predicted molar refractivity (Wildman–Crippen MR) is 85.6 cm³/mol. The molecule has 5 atom stereocenters. The number of amides is 1. The van der Waals surface area contributed by atoms with Gasteiger partial charge in [0.1, 0.15) is 0 Å². The maximum absolute atomic E-state index is 12.6. The summed E-state index contributed by atoms with van der Waals surface area (Å²) in [6.45, 7) is 5.54. The first kappa shape index (κ1) is 19.0. The fourth-order valence-corrected chi connectivity index (χ4v) is 4.94. The normalized spacial score (nSPS) is 37.2. The van der Waals surface area contributed by atoms with Crippen molar-refractivity contribution >= 4 is 5.91 Å². The van der Waals surface area contributed by atoms with Crippen LogP contribution in [-0.4, -0.2) is 37.6 Å². The van der Waals surface area contributed by atoms with Crippen LogP contribution in [0, 0.1) is 23.2 Å². The number of hydrogen-bond acceptors (Lipinski definition) is 3. The molecule has 1 N–H and O–H groups in total. The Morgan fingerprint density at radius 3 is 2.64 bits per heavy atom. The molecular formula is C18H28F3NO3. The van der Waals surface area contributed by atoms with Crippen LogP contribution in [0.3, 0.4) is 0 Å². The molecule has 3 aliphatic carbocycles. The van der Waals surface area contributed by atoms with E-state index in [2.05, 4.69) is 19.2 Å². The lowest BCUT2D eigenvalue weighted by atomic mass is 9.44. The summed E-state index contributed by atoms with van der Waals surface area (Å²) < 4.78 is 49.2. The Kier molecular flexibility index (Phi) is 5.36. The molecule has 4 nitrogen and oxygen atoms in total. The molecule has 0 spiro atoms. The van der Waals surface area contributed by atoms with Crippen molar-refractivity contribution in [2.24, 2.45) is 23.2 Å². The van der Waals surface area contributed by atoms with Crippen LogP contribution in [0.5, 0.6) is 0 Å². The largest absolute Gasteiger partial charge is 0.471 e. The third kappa shape index (κ3) is 3.97. The number of carbonyl (C=O) groups excluding carboxylic acids is 1. The number of rotatable bonds is 5. The van der Waals surface area contributed by atoms with Crippen molar-refractivity contribution in [3.05, 3.63) is 0 Å². The Hall–Kier alpha value is -0.820. The second-order valence-electron chi connectivity index (χ2n) is 8.29. The lowest BCUT2D eigenvalue weighted by Gasteiger charge is -2.62. The van der Waals surface area contributed by atoms with Gasteiger partial charge in [-0.05, 0) is 61.7 Å². The smallest absolute Gasteiger partial charge is 0.353 e. The lowest BCUT2D eigenvalue weighted by molar-refractivity contribution is -0.184. The first-order valence-electron chi connectivity index (χ1n) is 9.30. The Morgan fingerprint density at radius 2 is 2.04 bits per heavy atom. The Bertz CT molecular complexity index is 488. The molecule has 0 aromatic heterocycles. The highest BCUT2D eigenvalue weighted by Gasteiger charge is 2.58. The van der Waals surface area contributed by atoms with Gasteiger partial charge in [-0.2, -0.15) is 13.2 Å². The molecule has 3 unspecified atom stereocenters. The Labute approximate surface area is 146 Å². The van der Waals surface area contributed by atoms with E-state index in [1.807, 2.05) is 0 Å². The molecule has 2 bridgehead atoms. The van der Waals surface area contributed by atoms with Gasteiger partial charge >= 0.3 is 12.1 Å². The minimum absolute atomic E-state index is 0.0230. The molecule has 0 radical (unpaired) electrons. The van der Waals surface area contributed by atoms with Crippen LogP contribution in [0.1, 0.15) is 52.4 Å². The van der Waals surface area contributed by atoms with Gasteiger partial charge in [0.15, 0.2) is 6.29 Å². The van der Waals surface area contributed by atoms with Crippen LogP contribution in [0.15, 0.2) is 0 Å². The van der Waals surface area contributed by atoms with Crippen LogP contribution >= 0.6 is 0 Å². The monoisotopic (exact) mass is 363 g/mol. The fourth-order valence-electron chi connectivity index (χ4n) is 4.94. The van der Waals surface area contributed by atoms with Crippen LogP contribution in [-0.2, 0) is 14.3 Å². The zero-order chi connectivity index (χ0) is 18.2. The van der Waals surface area contributed by atoms with Crippen molar-refractivity contribution in [2.45, 2.75) is 70.9 Å². The molecule has 1 heterocycles. The molecule has 1 saturated heterocycles. The van der Waals surface area contributed by atoms with Crippen LogP contribution in [0.2, 0.25) is 0 Å². The van der Waals surface area contributed by atoms with E-state index in [0.29, 0.717) is 37.9 Å². The molecule has 3 saturated carbocycles. The van der Waals surface area contributed by atoms with E-state index in [0.717, 1.165) is 25.7 Å². The van der Waals surface area contributed by atoms with Crippen molar-refractivity contribution in [3.63, 3.8) is 0 Å². The van der Waals surface area contributed by atoms with E-state index < -0.39 is 18.1 Å². The highest BCUT2D eigenvalue weighted by Crippen LogP contribution is 2.62. The van der Waals surface area contributed by atoms with Crippen molar-refractivity contribution in [1.82, 2.24) is 5.32 Å². The average Bonchev–Trinajstić information content (AvgIpc) is 2.55. The van der Waals surface area contributed by atoms with Gasteiger partial charge in [0.05, 0.1) is 6.61 Å². The molecule has 0 aromatic carbocycles. The number of ether oxygens (including phenoxy) is 2. The summed E-state index contributed by atoms with van der Waals surface area (Å²) in [5.74, 6) is -1.08. The summed E-state index contributed by atoms with van der Waals surface area (Å²) in [5, 5.41) is 2.25. The van der Waals surface area contributed by atoms with Gasteiger partial charge in [0, 0.05) is 12.6 Å². The zero-order valence-corrected chi connectivity index (χ0v) is 14.9. The van der Waals surface area contributed by atoms with E-state index in [1.54, 1.807) is 0 Å². The second kappa shape index (κ2) is 7.06. The number of fused-ring (bicyclic) bond motifs is 2. The van der Waals surface area contributed by atoms with Gasteiger partial charge in [-0.3, -0.25) is 4.79 Å². The topological polar surface area (TPSA) is 47.6 Å². The summed E-state index contributed by atoms with van der Waals surface area (Å²) in [6.07, 6.45) is 0.295. The number of hydrogen-bond donors (Lipinski definition) is 1. The first-order valence-corrected chi connectivity index (χ1v) is 9.30. The summed E-state index contributed by atoms with van der Waals surface area (Å²) in [5.41, 5.74) is 0.130. The van der Waals surface area contributed by atoms with Crippen LogP contribution < -0.4 is 5.32 Å². The molecule has 1 aliphatic heterocycles. The number of halogens is 3. The highest BCUT2D eigenvalue weighted by molar-refractivity contribution is 5.82. The van der Waals surface area contributed by atoms with Crippen LogP contribution in [0.25, 0.3) is 0 Å². The molecule has 4 rings (SSSR count). The van der Waals surface area contributed by atoms with Crippen LogP contribution in [0.4, 0.5) is 13.2 Å². The maximum atomic E-state index is 12.6. The molecule has 25 heavy (non-hydrogen) atoms. The van der Waals surface area contributed by atoms with E-state index in [-0.39, 0.29) is 17.6 Å². The molecular weight excluding hydrogens is 335 g/mol. The molecule has 4 fully saturated rings. The summed E-state index contributed by atoms with van der Waals surface area (Å²) in [4.78, 5) is 11.4. The quantitative estimate of drug-likeness (QED) is 0.811. The van der Waals surface area contributed by atoms with Crippen molar-refractivity contribution in [2.75, 3.05) is 13.2 Å². The van der Waals surface area contributed by atoms with Crippen molar-refractivity contribution < 1.29 is 27.4 Å². The van der Waals surface area contributed by atoms with Crippen molar-refractivity contribution in [3.8, 4) is 0 Å². The van der Waals surface area contributed by atoms with E-state index in [4.69, 9.17) is 9.47 Å². The predicted octanol–water partition coefficient (Wildman–Crippen LogP) is 3.65. The lowest BCUT2D eigenvalue weighted by Crippen LogP contribution is -2.62. The summed E-state index contributed by atoms with van der Waals surface area (Å²) in [7, 11) is 0. The number of carbonyl (C=O) groups is 1. The average molecular weight is 363 g/mol. The molecule has 7 heteroatoms. The van der Waals surface area contributed by atoms with E-state index in [9.17, 15) is 18.0 Å². The van der Waals surface area contributed by atoms with Gasteiger partial charge in [-0.15, -0.1) is 0 Å². The van der Waals surface area contributed by atoms with E-state index in [1.165, 1.54) is 0 Å². The third-order valence-corrected chi connectivity index (χ3v) is 6.59. The molecule has 0 aromatic rings. The summed E-state index contributed by atoms with van der Waals surface area (Å²) >= 11 is 0. The van der Waals surface area contributed by atoms with Crippen molar-refractivity contribution in [1.29, 1.82) is 0 Å². The zero-order valence-electron chi connectivity index (χ0n) is 14.9. The molecule has 144 valence electrons. The number of nitrogens with one attached hydrogen (secondary N) is 1. The molecule has 1 amide bonds. The Morgan fingerprint density at radius 1 is 1.28 bits per heavy atom. The standard InChI is InChI=1S/C18H28F3NO3/c1-17(2)11-9-13(17)12(6-8-25-15-5-3-4-7-24-15)14(10-11)22-16(23)18(19,20)21/h11-15H,3-10H2,1-2H3,(H,22,23)/t11?,12-,13?,14-,15?/m1/s1. The maximum Gasteiger partial charge on any atom is 0.471 e. The molecule has 4 aliphatic rings. The second-order valence-corrected chi connectivity index (χ2v) is 8.29. The minimum atomic E-state index is -4.83. The fraction of sp³-hybridized carbons (Fsp3) is 0.944. The number of alkyl halides is 3. The SMILES string of the molecule is CC1(C)C2CC1[C@@H](CCOC1CCCCO1)[C@H](NC(=O)C(F)(F)F)C2. The van der Waals surface area contributed by atoms with Gasteiger partial charge in [-0.1, -0.05) is 13.8 Å². The first-order chi connectivity index (χ1) is 11.7. The minimum Gasteiger partial charge on any atom is -0.353 e.